The number of rotatable bonds is 5. The quantitative estimate of drug-likeness (QED) is 0.423. The minimum Gasteiger partial charge on any atom is -0.330 e. The Morgan fingerprint density at radius 2 is 1.98 bits per heavy atom. The highest BCUT2D eigenvalue weighted by molar-refractivity contribution is 6.35. The number of fused-ring (bicyclic) bond motifs is 3. The summed E-state index contributed by atoms with van der Waals surface area (Å²) in [5.74, 6) is -1.46. The molecule has 12 heteroatoms. The lowest BCUT2D eigenvalue weighted by molar-refractivity contribution is -0.138. The summed E-state index contributed by atoms with van der Waals surface area (Å²) in [4.78, 5) is 47.4. The number of hydrogen-bond donors (Lipinski definition) is 1. The van der Waals surface area contributed by atoms with Gasteiger partial charge in [-0.2, -0.15) is 18.4 Å². The monoisotopic (exact) mass is 597 g/mol. The summed E-state index contributed by atoms with van der Waals surface area (Å²) in [6, 6.07) is 10.8. The van der Waals surface area contributed by atoms with Crippen molar-refractivity contribution < 1.29 is 27.6 Å². The van der Waals surface area contributed by atoms with Crippen LogP contribution < -0.4 is 5.32 Å². The smallest absolute Gasteiger partial charge is 0.330 e. The van der Waals surface area contributed by atoms with Gasteiger partial charge in [-0.25, -0.2) is 0 Å². The van der Waals surface area contributed by atoms with Gasteiger partial charge < -0.3 is 15.1 Å². The van der Waals surface area contributed by atoms with Gasteiger partial charge in [0.25, 0.3) is 5.91 Å². The SMILES string of the molecule is CC(C)C[C@@H](C(=O)N1C[C@]2(C[C@H]1C#N)C(=O)Nc1ccccc12)N(C)C(=O)c1cc(Cl)c2ncc(C(F)(F)F)cc2c1. The van der Waals surface area contributed by atoms with E-state index in [9.17, 15) is 32.8 Å². The van der Waals surface area contributed by atoms with Crippen molar-refractivity contribution in [3.8, 4) is 6.07 Å². The van der Waals surface area contributed by atoms with Crippen LogP contribution in [0.5, 0.6) is 0 Å². The Morgan fingerprint density at radius 3 is 2.64 bits per heavy atom. The van der Waals surface area contributed by atoms with Gasteiger partial charge in [0, 0.05) is 42.8 Å². The van der Waals surface area contributed by atoms with Crippen LogP contribution >= 0.6 is 11.6 Å². The number of carbonyl (C=O) groups is 3. The van der Waals surface area contributed by atoms with E-state index in [1.165, 1.54) is 29.0 Å². The summed E-state index contributed by atoms with van der Waals surface area (Å²) in [5.41, 5.74) is -0.638. The second kappa shape index (κ2) is 10.6. The van der Waals surface area contributed by atoms with Crippen molar-refractivity contribution in [2.75, 3.05) is 18.9 Å². The van der Waals surface area contributed by atoms with E-state index in [4.69, 9.17) is 11.6 Å². The first-order chi connectivity index (χ1) is 19.8. The van der Waals surface area contributed by atoms with Crippen LogP contribution in [0.4, 0.5) is 18.9 Å². The number of nitrogens with zero attached hydrogens (tertiary/aromatic N) is 4. The maximum absolute atomic E-state index is 14.1. The second-order valence-electron chi connectivity index (χ2n) is 11.2. The van der Waals surface area contributed by atoms with Crippen molar-refractivity contribution >= 4 is 45.9 Å². The summed E-state index contributed by atoms with van der Waals surface area (Å²) in [6.45, 7) is 3.73. The van der Waals surface area contributed by atoms with Crippen molar-refractivity contribution in [2.24, 2.45) is 5.92 Å². The van der Waals surface area contributed by atoms with Gasteiger partial charge in [0.2, 0.25) is 11.8 Å². The van der Waals surface area contributed by atoms with E-state index in [1.807, 2.05) is 13.8 Å². The molecule has 0 aliphatic carbocycles. The molecule has 218 valence electrons. The Labute approximate surface area is 245 Å². The van der Waals surface area contributed by atoms with E-state index in [0.29, 0.717) is 17.4 Å². The van der Waals surface area contributed by atoms with Gasteiger partial charge >= 0.3 is 6.18 Å². The van der Waals surface area contributed by atoms with Gasteiger partial charge in [0.15, 0.2) is 0 Å². The van der Waals surface area contributed by atoms with Crippen LogP contribution in [0.25, 0.3) is 10.9 Å². The molecule has 8 nitrogen and oxygen atoms in total. The molecule has 0 radical (unpaired) electrons. The lowest BCUT2D eigenvalue weighted by Crippen LogP contribution is -2.52. The second-order valence-corrected chi connectivity index (χ2v) is 11.6. The van der Waals surface area contributed by atoms with Crippen molar-refractivity contribution in [3.63, 3.8) is 0 Å². The molecule has 0 unspecified atom stereocenters. The molecule has 1 aromatic heterocycles. The van der Waals surface area contributed by atoms with Crippen LogP contribution in [0.15, 0.2) is 48.7 Å². The van der Waals surface area contributed by atoms with Crippen LogP contribution in [0.1, 0.15) is 48.2 Å². The van der Waals surface area contributed by atoms with Crippen molar-refractivity contribution in [1.82, 2.24) is 14.8 Å². The number of likely N-dealkylation sites (N-methyl/N-ethyl adjacent to an activating group) is 1. The minimum atomic E-state index is -4.64. The summed E-state index contributed by atoms with van der Waals surface area (Å²) in [7, 11) is 1.43. The number of aromatic nitrogens is 1. The molecule has 0 saturated carbocycles. The van der Waals surface area contributed by atoms with Crippen LogP contribution in [-0.4, -0.2) is 58.2 Å². The van der Waals surface area contributed by atoms with Crippen LogP contribution in [0.3, 0.4) is 0 Å². The average Bonchev–Trinajstić information content (AvgIpc) is 3.47. The predicted octanol–water partition coefficient (Wildman–Crippen LogP) is 5.41. The maximum Gasteiger partial charge on any atom is 0.417 e. The predicted molar refractivity (Wildman–Crippen MR) is 150 cm³/mol. The van der Waals surface area contributed by atoms with E-state index in [0.717, 1.165) is 6.07 Å². The summed E-state index contributed by atoms with van der Waals surface area (Å²) in [5, 5.41) is 12.9. The van der Waals surface area contributed by atoms with Crippen molar-refractivity contribution in [1.29, 1.82) is 5.26 Å². The Bertz CT molecular complexity index is 1650. The number of alkyl halides is 3. The maximum atomic E-state index is 14.1. The molecule has 42 heavy (non-hydrogen) atoms. The Hall–Kier alpha value is -4.17. The first-order valence-electron chi connectivity index (χ1n) is 13.3. The summed E-state index contributed by atoms with van der Waals surface area (Å²) >= 11 is 6.31. The number of anilines is 1. The molecule has 5 rings (SSSR count). The third-order valence-corrected chi connectivity index (χ3v) is 8.28. The molecule has 0 bridgehead atoms. The lowest BCUT2D eigenvalue weighted by Gasteiger charge is -2.33. The van der Waals surface area contributed by atoms with Crippen molar-refractivity contribution in [3.05, 3.63) is 70.4 Å². The number of hydrogen-bond acceptors (Lipinski definition) is 5. The zero-order valence-electron chi connectivity index (χ0n) is 23.0. The third kappa shape index (κ3) is 4.94. The number of halogens is 4. The normalized spacial score (nSPS) is 20.5. The van der Waals surface area contributed by atoms with Gasteiger partial charge in [-0.15, -0.1) is 0 Å². The summed E-state index contributed by atoms with van der Waals surface area (Å²) < 4.78 is 39.9. The fraction of sp³-hybridized carbons (Fsp3) is 0.367. The highest BCUT2D eigenvalue weighted by atomic mass is 35.5. The molecule has 2 aromatic carbocycles. The van der Waals surface area contributed by atoms with E-state index in [-0.39, 0.29) is 52.7 Å². The molecule has 3 aromatic rings. The van der Waals surface area contributed by atoms with E-state index in [1.54, 1.807) is 24.3 Å². The van der Waals surface area contributed by atoms with E-state index >= 15 is 0 Å². The van der Waals surface area contributed by atoms with Gasteiger partial charge in [0.05, 0.1) is 27.6 Å². The molecule has 2 aliphatic rings. The average molecular weight is 598 g/mol. The molecular formula is C30H27ClF3N5O3. The number of amides is 3. The standard InChI is InChI=1S/C30H27ClF3N5O3/c1-16(2)8-24(27(41)39-15-29(12-20(39)13-35)21-6-4-5-7-23(21)37-28(29)42)38(3)26(40)18-9-17-10-19(30(32,33)34)14-36-25(17)22(31)11-18/h4-7,9-11,14,16,20,24H,8,12,15H2,1-3H3,(H,37,42)/t20-,24-,29-/m0/s1. The zero-order chi connectivity index (χ0) is 30.6. The fourth-order valence-electron chi connectivity index (χ4n) is 5.88. The Kier molecular flexibility index (Phi) is 7.39. The van der Waals surface area contributed by atoms with Crippen LogP contribution in [0, 0.1) is 17.2 Å². The van der Waals surface area contributed by atoms with E-state index < -0.39 is 41.1 Å². The molecule has 1 N–H and O–H groups in total. The minimum absolute atomic E-state index is 0.0124. The number of pyridine rings is 1. The van der Waals surface area contributed by atoms with Gasteiger partial charge in [-0.05, 0) is 42.2 Å². The Morgan fingerprint density at radius 1 is 1.26 bits per heavy atom. The van der Waals surface area contributed by atoms with Crippen LogP contribution in [0.2, 0.25) is 5.02 Å². The molecule has 1 fully saturated rings. The van der Waals surface area contributed by atoms with E-state index in [2.05, 4.69) is 16.4 Å². The largest absolute Gasteiger partial charge is 0.417 e. The number of para-hydroxylation sites is 1. The van der Waals surface area contributed by atoms with Crippen LogP contribution in [-0.2, 0) is 21.2 Å². The molecule has 3 heterocycles. The number of carbonyl (C=O) groups excluding carboxylic acids is 3. The zero-order valence-corrected chi connectivity index (χ0v) is 23.8. The molecule has 3 atom stereocenters. The summed E-state index contributed by atoms with van der Waals surface area (Å²) in [6.07, 6.45) is -3.61. The van der Waals surface area contributed by atoms with Gasteiger partial charge in [0.1, 0.15) is 12.1 Å². The molecule has 2 aliphatic heterocycles. The number of likely N-dealkylation sites (tertiary alicyclic amines) is 1. The highest BCUT2D eigenvalue weighted by Gasteiger charge is 2.56. The third-order valence-electron chi connectivity index (χ3n) is 7.99. The number of nitrogens with one attached hydrogen (secondary N) is 1. The molecule has 1 spiro atoms. The van der Waals surface area contributed by atoms with Gasteiger partial charge in [-0.3, -0.25) is 19.4 Å². The van der Waals surface area contributed by atoms with Crippen molar-refractivity contribution in [2.45, 2.75) is 50.4 Å². The topological polar surface area (TPSA) is 106 Å². The number of benzene rings is 2. The molecule has 3 amide bonds. The molecular weight excluding hydrogens is 571 g/mol. The Balaban J connectivity index is 1.48. The first-order valence-corrected chi connectivity index (χ1v) is 13.7. The molecule has 1 saturated heterocycles. The lowest BCUT2D eigenvalue weighted by atomic mass is 9.80. The number of nitriles is 1. The van der Waals surface area contributed by atoms with Gasteiger partial charge in [-0.1, -0.05) is 43.6 Å². The fourth-order valence-corrected chi connectivity index (χ4v) is 6.15. The first kappa shape index (κ1) is 29.3. The highest BCUT2D eigenvalue weighted by Crippen LogP contribution is 2.46.